The Morgan fingerprint density at radius 3 is 2.62 bits per heavy atom. The second-order valence-corrected chi connectivity index (χ2v) is 2.93. The molecule has 1 atom stereocenters. The molecule has 3 nitrogen and oxygen atoms in total. The van der Waals surface area contributed by atoms with Gasteiger partial charge in [-0.05, 0) is 18.2 Å². The van der Waals surface area contributed by atoms with Crippen molar-refractivity contribution in [3.63, 3.8) is 0 Å². The maximum Gasteiger partial charge on any atom is 0.125 e. The van der Waals surface area contributed by atoms with Gasteiger partial charge in [-0.15, -0.1) is 0 Å². The van der Waals surface area contributed by atoms with Gasteiger partial charge >= 0.3 is 0 Å². The van der Waals surface area contributed by atoms with Crippen molar-refractivity contribution in [3.05, 3.63) is 23.8 Å². The van der Waals surface area contributed by atoms with Crippen LogP contribution in [0.25, 0.3) is 0 Å². The SMILES string of the molecule is COc1ccc(OC)c([C@H]2CO2)c1. The lowest BCUT2D eigenvalue weighted by Crippen LogP contribution is -1.92. The third kappa shape index (κ3) is 1.60. The topological polar surface area (TPSA) is 31.0 Å². The number of hydrogen-bond acceptors (Lipinski definition) is 3. The van der Waals surface area contributed by atoms with Crippen molar-refractivity contribution in [1.82, 2.24) is 0 Å². The van der Waals surface area contributed by atoms with E-state index < -0.39 is 0 Å². The molecule has 0 aromatic heterocycles. The Hall–Kier alpha value is -1.22. The Kier molecular flexibility index (Phi) is 2.10. The van der Waals surface area contributed by atoms with Crippen molar-refractivity contribution in [2.45, 2.75) is 6.10 Å². The van der Waals surface area contributed by atoms with Gasteiger partial charge in [0, 0.05) is 5.56 Å². The van der Waals surface area contributed by atoms with Crippen LogP contribution in [-0.2, 0) is 4.74 Å². The molecule has 0 saturated carbocycles. The van der Waals surface area contributed by atoms with Crippen LogP contribution < -0.4 is 9.47 Å². The van der Waals surface area contributed by atoms with Gasteiger partial charge < -0.3 is 14.2 Å². The predicted molar refractivity (Wildman–Crippen MR) is 48.2 cm³/mol. The summed E-state index contributed by atoms with van der Waals surface area (Å²) in [7, 11) is 3.31. The summed E-state index contributed by atoms with van der Waals surface area (Å²) < 4.78 is 15.5. The summed E-state index contributed by atoms with van der Waals surface area (Å²) in [4.78, 5) is 0. The number of methoxy groups -OCH3 is 2. The Labute approximate surface area is 77.2 Å². The van der Waals surface area contributed by atoms with Crippen LogP contribution in [0.4, 0.5) is 0 Å². The Morgan fingerprint density at radius 2 is 2.08 bits per heavy atom. The fourth-order valence-electron chi connectivity index (χ4n) is 1.32. The maximum absolute atomic E-state index is 5.21. The van der Waals surface area contributed by atoms with Gasteiger partial charge in [0.25, 0.3) is 0 Å². The fraction of sp³-hybridized carbons (Fsp3) is 0.400. The lowest BCUT2D eigenvalue weighted by atomic mass is 10.1. The highest BCUT2D eigenvalue weighted by Gasteiger charge is 2.28. The van der Waals surface area contributed by atoms with Crippen LogP contribution in [0.2, 0.25) is 0 Å². The van der Waals surface area contributed by atoms with Crippen LogP contribution in [0.3, 0.4) is 0 Å². The molecule has 0 spiro atoms. The summed E-state index contributed by atoms with van der Waals surface area (Å²) in [5.41, 5.74) is 1.07. The molecule has 1 heterocycles. The molecule has 3 heteroatoms. The van der Waals surface area contributed by atoms with Crippen molar-refractivity contribution in [1.29, 1.82) is 0 Å². The first kappa shape index (κ1) is 8.38. The first-order chi connectivity index (χ1) is 6.35. The van der Waals surface area contributed by atoms with Gasteiger partial charge in [-0.3, -0.25) is 0 Å². The van der Waals surface area contributed by atoms with E-state index in [-0.39, 0.29) is 6.10 Å². The second-order valence-electron chi connectivity index (χ2n) is 2.93. The molecule has 0 amide bonds. The minimum absolute atomic E-state index is 0.199. The number of epoxide rings is 1. The minimum atomic E-state index is 0.199. The summed E-state index contributed by atoms with van der Waals surface area (Å²) in [6, 6.07) is 5.73. The van der Waals surface area contributed by atoms with E-state index in [1.54, 1.807) is 14.2 Å². The summed E-state index contributed by atoms with van der Waals surface area (Å²) in [5, 5.41) is 0. The molecule has 1 aliphatic heterocycles. The average molecular weight is 180 g/mol. The van der Waals surface area contributed by atoms with E-state index >= 15 is 0 Å². The zero-order chi connectivity index (χ0) is 9.26. The second kappa shape index (κ2) is 3.26. The number of rotatable bonds is 3. The largest absolute Gasteiger partial charge is 0.497 e. The van der Waals surface area contributed by atoms with Crippen molar-refractivity contribution >= 4 is 0 Å². The molecule has 0 radical (unpaired) electrons. The van der Waals surface area contributed by atoms with Crippen LogP contribution in [0, 0.1) is 0 Å². The molecule has 70 valence electrons. The molecule has 1 fully saturated rings. The molecule has 1 aromatic rings. The standard InChI is InChI=1S/C10H12O3/c1-11-7-3-4-9(12-2)8(5-7)10-6-13-10/h3-5,10H,6H2,1-2H3/t10-/m1/s1. The molecular weight excluding hydrogens is 168 g/mol. The van der Waals surface area contributed by atoms with E-state index in [2.05, 4.69) is 0 Å². The molecular formula is C10H12O3. The Morgan fingerprint density at radius 1 is 1.31 bits per heavy atom. The molecule has 0 N–H and O–H groups in total. The van der Waals surface area contributed by atoms with Crippen molar-refractivity contribution < 1.29 is 14.2 Å². The van der Waals surface area contributed by atoms with Gasteiger partial charge in [0.15, 0.2) is 0 Å². The van der Waals surface area contributed by atoms with Gasteiger partial charge in [0.1, 0.15) is 17.6 Å². The lowest BCUT2D eigenvalue weighted by Gasteiger charge is -2.07. The van der Waals surface area contributed by atoms with Gasteiger partial charge in [-0.25, -0.2) is 0 Å². The molecule has 13 heavy (non-hydrogen) atoms. The van der Waals surface area contributed by atoms with Crippen molar-refractivity contribution in [2.75, 3.05) is 20.8 Å². The molecule has 2 rings (SSSR count). The number of hydrogen-bond donors (Lipinski definition) is 0. The van der Waals surface area contributed by atoms with E-state index in [0.29, 0.717) is 0 Å². The normalized spacial score (nSPS) is 19.7. The maximum atomic E-state index is 5.21. The third-order valence-electron chi connectivity index (χ3n) is 2.12. The first-order valence-electron chi connectivity index (χ1n) is 4.18. The van der Waals surface area contributed by atoms with Crippen LogP contribution >= 0.6 is 0 Å². The van der Waals surface area contributed by atoms with E-state index in [0.717, 1.165) is 23.7 Å². The van der Waals surface area contributed by atoms with Crippen LogP contribution in [0.5, 0.6) is 11.5 Å². The van der Waals surface area contributed by atoms with Crippen LogP contribution in [-0.4, -0.2) is 20.8 Å². The lowest BCUT2D eigenvalue weighted by molar-refractivity contribution is 0.377. The molecule has 0 bridgehead atoms. The zero-order valence-corrected chi connectivity index (χ0v) is 7.74. The van der Waals surface area contributed by atoms with Crippen molar-refractivity contribution in [2.24, 2.45) is 0 Å². The van der Waals surface area contributed by atoms with Gasteiger partial charge in [-0.2, -0.15) is 0 Å². The predicted octanol–water partition coefficient (Wildman–Crippen LogP) is 1.78. The Balaban J connectivity index is 2.35. The van der Waals surface area contributed by atoms with Crippen molar-refractivity contribution in [3.8, 4) is 11.5 Å². The Bertz CT molecular complexity index is 305. The number of ether oxygens (including phenoxy) is 3. The summed E-state index contributed by atoms with van der Waals surface area (Å²) in [6.45, 7) is 0.781. The number of benzene rings is 1. The molecule has 1 saturated heterocycles. The highest BCUT2D eigenvalue weighted by molar-refractivity contribution is 5.42. The first-order valence-corrected chi connectivity index (χ1v) is 4.18. The monoisotopic (exact) mass is 180 g/mol. The summed E-state index contributed by atoms with van der Waals surface area (Å²) in [6.07, 6.45) is 0.199. The summed E-state index contributed by atoms with van der Waals surface area (Å²) >= 11 is 0. The van der Waals surface area contributed by atoms with Gasteiger partial charge in [0.05, 0.1) is 20.8 Å². The third-order valence-corrected chi connectivity index (χ3v) is 2.12. The highest BCUT2D eigenvalue weighted by Crippen LogP contribution is 2.38. The van der Waals surface area contributed by atoms with Crippen LogP contribution in [0.15, 0.2) is 18.2 Å². The molecule has 1 aromatic carbocycles. The zero-order valence-electron chi connectivity index (χ0n) is 7.74. The quantitative estimate of drug-likeness (QED) is 0.664. The van der Waals surface area contributed by atoms with E-state index in [9.17, 15) is 0 Å². The minimum Gasteiger partial charge on any atom is -0.497 e. The fourth-order valence-corrected chi connectivity index (χ4v) is 1.32. The van der Waals surface area contributed by atoms with Crippen LogP contribution in [0.1, 0.15) is 11.7 Å². The molecule has 0 unspecified atom stereocenters. The van der Waals surface area contributed by atoms with E-state index in [4.69, 9.17) is 14.2 Å². The van der Waals surface area contributed by atoms with Gasteiger partial charge in [0.2, 0.25) is 0 Å². The smallest absolute Gasteiger partial charge is 0.125 e. The summed E-state index contributed by atoms with van der Waals surface area (Å²) in [5.74, 6) is 1.70. The molecule has 0 aliphatic carbocycles. The highest BCUT2D eigenvalue weighted by atomic mass is 16.6. The van der Waals surface area contributed by atoms with E-state index in [1.807, 2.05) is 18.2 Å². The molecule has 1 aliphatic rings. The average Bonchev–Trinajstić information content (AvgIpc) is 3.00. The van der Waals surface area contributed by atoms with Gasteiger partial charge in [-0.1, -0.05) is 0 Å². The van der Waals surface area contributed by atoms with E-state index in [1.165, 1.54) is 0 Å².